The van der Waals surface area contributed by atoms with Crippen LogP contribution in [0.25, 0.3) is 17.1 Å². The Morgan fingerprint density at radius 3 is 2.60 bits per heavy atom. The number of carbonyl (C=O) groups excluding carboxylic acids is 1. The number of nitrogens with zero attached hydrogens (tertiary/aromatic N) is 6. The molecule has 0 saturated heterocycles. The average Bonchev–Trinajstić information content (AvgIpc) is 3.38. The van der Waals surface area contributed by atoms with Crippen LogP contribution < -0.4 is 16.9 Å². The predicted molar refractivity (Wildman–Crippen MR) is 110 cm³/mol. The molecule has 2 aromatic heterocycles. The smallest absolute Gasteiger partial charge is 0.294 e. The van der Waals surface area contributed by atoms with Crippen LogP contribution in [0.3, 0.4) is 0 Å². The standard InChI is InChI=1S/C19H17N9O2/c1-11(13-8-5-9-14(20)10-13)22-24-19(29)15-16(12-6-3-2-4-7-12)28(27-23-15)18-17(21)25-30-26-18/h2-10H,20H2,1H3,(H2,21,25)(H,24,29)/b22-11+. The molecule has 0 unspecified atom stereocenters. The van der Waals surface area contributed by atoms with E-state index >= 15 is 0 Å². The van der Waals surface area contributed by atoms with Crippen molar-refractivity contribution in [3.63, 3.8) is 0 Å². The van der Waals surface area contributed by atoms with Gasteiger partial charge in [0.05, 0.1) is 5.71 Å². The molecule has 0 spiro atoms. The number of nitrogens with two attached hydrogens (primary N) is 2. The SMILES string of the molecule is C/C(=N\NC(=O)c1nnn(-c2nonc2N)c1-c1ccccc1)c1cccc(N)c1. The third-order valence-electron chi connectivity index (χ3n) is 4.26. The summed E-state index contributed by atoms with van der Waals surface area (Å²) >= 11 is 0. The fraction of sp³-hybridized carbons (Fsp3) is 0.0526. The molecule has 4 aromatic rings. The molecule has 0 aliphatic rings. The summed E-state index contributed by atoms with van der Waals surface area (Å²) in [6.45, 7) is 1.76. The van der Waals surface area contributed by atoms with Crippen molar-refractivity contribution in [2.24, 2.45) is 5.10 Å². The van der Waals surface area contributed by atoms with Crippen LogP contribution in [0.4, 0.5) is 11.5 Å². The van der Waals surface area contributed by atoms with Crippen molar-refractivity contribution in [3.8, 4) is 17.1 Å². The molecule has 11 heteroatoms. The zero-order chi connectivity index (χ0) is 21.1. The fourth-order valence-electron chi connectivity index (χ4n) is 2.79. The first-order chi connectivity index (χ1) is 14.5. The van der Waals surface area contributed by atoms with Crippen molar-refractivity contribution >= 4 is 23.1 Å². The Labute approximate surface area is 170 Å². The van der Waals surface area contributed by atoms with Gasteiger partial charge in [0.2, 0.25) is 11.6 Å². The zero-order valence-corrected chi connectivity index (χ0v) is 15.9. The first kappa shape index (κ1) is 18.8. The quantitative estimate of drug-likeness (QED) is 0.257. The molecule has 0 radical (unpaired) electrons. The molecule has 30 heavy (non-hydrogen) atoms. The summed E-state index contributed by atoms with van der Waals surface area (Å²) < 4.78 is 5.95. The lowest BCUT2D eigenvalue weighted by atomic mass is 10.1. The monoisotopic (exact) mass is 403 g/mol. The molecule has 0 atom stereocenters. The molecule has 0 saturated carbocycles. The molecular weight excluding hydrogens is 386 g/mol. The van der Waals surface area contributed by atoms with Gasteiger partial charge in [-0.25, -0.2) is 10.1 Å². The minimum absolute atomic E-state index is 0.0135. The first-order valence-electron chi connectivity index (χ1n) is 8.84. The van der Waals surface area contributed by atoms with E-state index < -0.39 is 5.91 Å². The number of hydrogen-bond acceptors (Lipinski definition) is 9. The van der Waals surface area contributed by atoms with E-state index in [1.807, 2.05) is 24.3 Å². The molecule has 5 N–H and O–H groups in total. The lowest BCUT2D eigenvalue weighted by Crippen LogP contribution is -2.21. The van der Waals surface area contributed by atoms with E-state index in [4.69, 9.17) is 11.5 Å². The van der Waals surface area contributed by atoms with Crippen molar-refractivity contribution in [1.29, 1.82) is 0 Å². The summed E-state index contributed by atoms with van der Waals surface area (Å²) in [5, 5.41) is 19.5. The molecule has 1 amide bonds. The van der Waals surface area contributed by atoms with Gasteiger partial charge in [-0.1, -0.05) is 47.7 Å². The second-order valence-corrected chi connectivity index (χ2v) is 6.30. The van der Waals surface area contributed by atoms with Crippen LogP contribution in [0, 0.1) is 0 Å². The third kappa shape index (κ3) is 3.58. The summed E-state index contributed by atoms with van der Waals surface area (Å²) in [7, 11) is 0. The van der Waals surface area contributed by atoms with Crippen LogP contribution in [0.2, 0.25) is 0 Å². The van der Waals surface area contributed by atoms with Crippen LogP contribution in [0.5, 0.6) is 0 Å². The van der Waals surface area contributed by atoms with E-state index in [1.54, 1.807) is 37.3 Å². The maximum atomic E-state index is 12.9. The van der Waals surface area contributed by atoms with Crippen LogP contribution in [-0.2, 0) is 0 Å². The average molecular weight is 403 g/mol. The summed E-state index contributed by atoms with van der Waals surface area (Å²) in [5.74, 6) is -0.419. The van der Waals surface area contributed by atoms with Gasteiger partial charge in [0, 0.05) is 11.3 Å². The number of carbonyl (C=O) groups is 1. The number of anilines is 2. The Kier molecular flexibility index (Phi) is 4.91. The number of nitrogen functional groups attached to an aromatic ring is 2. The van der Waals surface area contributed by atoms with E-state index in [0.717, 1.165) is 5.56 Å². The van der Waals surface area contributed by atoms with Gasteiger partial charge >= 0.3 is 0 Å². The highest BCUT2D eigenvalue weighted by Crippen LogP contribution is 2.26. The Morgan fingerprint density at radius 2 is 1.90 bits per heavy atom. The molecule has 0 aliphatic heterocycles. The minimum atomic E-state index is -0.557. The Bertz CT molecular complexity index is 1230. The van der Waals surface area contributed by atoms with Gasteiger partial charge in [-0.3, -0.25) is 4.79 Å². The molecule has 0 bridgehead atoms. The predicted octanol–water partition coefficient (Wildman–Crippen LogP) is 1.64. The summed E-state index contributed by atoms with van der Waals surface area (Å²) in [6.07, 6.45) is 0. The lowest BCUT2D eigenvalue weighted by molar-refractivity contribution is 0.0950. The number of rotatable bonds is 5. The second kappa shape index (κ2) is 7.83. The van der Waals surface area contributed by atoms with Gasteiger partial charge in [-0.2, -0.15) is 9.78 Å². The normalized spacial score (nSPS) is 11.4. The Morgan fingerprint density at radius 1 is 1.10 bits per heavy atom. The van der Waals surface area contributed by atoms with Crippen molar-refractivity contribution in [2.45, 2.75) is 6.92 Å². The minimum Gasteiger partial charge on any atom is -0.399 e. The number of hydrogen-bond donors (Lipinski definition) is 3. The van der Waals surface area contributed by atoms with E-state index in [2.05, 4.69) is 35.8 Å². The van der Waals surface area contributed by atoms with Gasteiger partial charge in [0.1, 0.15) is 5.69 Å². The Hall–Kier alpha value is -4.54. The van der Waals surface area contributed by atoms with Crippen LogP contribution in [-0.4, -0.2) is 36.9 Å². The molecule has 0 fully saturated rings. The highest BCUT2D eigenvalue weighted by atomic mass is 16.6. The number of hydrazone groups is 1. The van der Waals surface area contributed by atoms with Gasteiger partial charge in [-0.05, 0) is 34.9 Å². The molecule has 4 rings (SSSR count). The number of benzene rings is 2. The third-order valence-corrected chi connectivity index (χ3v) is 4.26. The lowest BCUT2D eigenvalue weighted by Gasteiger charge is -2.06. The van der Waals surface area contributed by atoms with Crippen molar-refractivity contribution in [1.82, 2.24) is 30.7 Å². The van der Waals surface area contributed by atoms with E-state index in [0.29, 0.717) is 22.7 Å². The van der Waals surface area contributed by atoms with Gasteiger partial charge in [0.15, 0.2) is 5.69 Å². The maximum absolute atomic E-state index is 12.9. The van der Waals surface area contributed by atoms with Gasteiger partial charge < -0.3 is 11.5 Å². The number of amides is 1. The molecule has 2 aromatic carbocycles. The van der Waals surface area contributed by atoms with Crippen molar-refractivity contribution in [2.75, 3.05) is 11.5 Å². The maximum Gasteiger partial charge on any atom is 0.294 e. The van der Waals surface area contributed by atoms with E-state index in [9.17, 15) is 4.79 Å². The topological polar surface area (TPSA) is 163 Å². The van der Waals surface area contributed by atoms with Crippen LogP contribution in [0.15, 0.2) is 64.3 Å². The van der Waals surface area contributed by atoms with Gasteiger partial charge in [-0.15, -0.1) is 5.10 Å². The number of aromatic nitrogens is 5. The van der Waals surface area contributed by atoms with Gasteiger partial charge in [0.25, 0.3) is 5.91 Å². The largest absolute Gasteiger partial charge is 0.399 e. The van der Waals surface area contributed by atoms with Crippen molar-refractivity contribution < 1.29 is 9.42 Å². The molecule has 2 heterocycles. The fourth-order valence-corrected chi connectivity index (χ4v) is 2.79. The first-order valence-corrected chi connectivity index (χ1v) is 8.84. The molecule has 0 aliphatic carbocycles. The molecule has 11 nitrogen and oxygen atoms in total. The zero-order valence-electron chi connectivity index (χ0n) is 15.9. The number of nitrogens with one attached hydrogen (secondary N) is 1. The molecular formula is C19H17N9O2. The summed E-state index contributed by atoms with van der Waals surface area (Å²) in [5.41, 5.74) is 17.1. The van der Waals surface area contributed by atoms with E-state index in [1.165, 1.54) is 4.68 Å². The highest BCUT2D eigenvalue weighted by Gasteiger charge is 2.25. The summed E-state index contributed by atoms with van der Waals surface area (Å²) in [6, 6.07) is 16.3. The van der Waals surface area contributed by atoms with Crippen molar-refractivity contribution in [3.05, 3.63) is 65.9 Å². The van der Waals surface area contributed by atoms with E-state index in [-0.39, 0.29) is 17.3 Å². The second-order valence-electron chi connectivity index (χ2n) is 6.30. The summed E-state index contributed by atoms with van der Waals surface area (Å²) in [4.78, 5) is 12.9. The molecule has 150 valence electrons. The van der Waals surface area contributed by atoms with Crippen LogP contribution >= 0.6 is 0 Å². The van der Waals surface area contributed by atoms with Crippen LogP contribution in [0.1, 0.15) is 23.0 Å². The Balaban J connectivity index is 1.70. The highest BCUT2D eigenvalue weighted by molar-refractivity contribution is 6.02.